The number of ketones is 1. The number of aryl methyl sites for hydroxylation is 1. The number of benzene rings is 1. The molecule has 1 aliphatic heterocycles. The van der Waals surface area contributed by atoms with Gasteiger partial charge in [-0.1, -0.05) is 54.6 Å². The number of rotatable bonds is 11. The smallest absolute Gasteiger partial charge is 0.315 e. The monoisotopic (exact) mass is 602 g/mol. The third-order valence-corrected chi connectivity index (χ3v) is 11.2. The summed E-state index contributed by atoms with van der Waals surface area (Å²) in [4.78, 5) is 25.6. The van der Waals surface area contributed by atoms with Crippen molar-refractivity contribution in [2.75, 3.05) is 19.0 Å². The van der Waals surface area contributed by atoms with Crippen LogP contribution >= 0.6 is 15.9 Å². The Balaban J connectivity index is 1.32. The van der Waals surface area contributed by atoms with Crippen LogP contribution in [0.5, 0.6) is 5.75 Å². The number of hydrogen-bond acceptors (Lipinski definition) is 5. The number of carbonyl (C=O) groups excluding carboxylic acids is 2. The number of carbonyl (C=O) groups is 2. The fourth-order valence-corrected chi connectivity index (χ4v) is 8.85. The molecule has 3 aliphatic carbocycles. The van der Waals surface area contributed by atoms with E-state index in [1.54, 1.807) is 0 Å². The fourth-order valence-electron chi connectivity index (χ4n) is 8.46. The molecule has 0 N–H and O–H groups in total. The summed E-state index contributed by atoms with van der Waals surface area (Å²) in [7, 11) is 1.47. The standard InChI is InChI=1S/C33H47BrO5/c1-32-19-17-26-25-14-12-24(22-23(25)11-13-27(26)28(32)15-16-30(32)35)39-33(18-7-5-3-4-6-8-20-34)29(31(36)37-2)10-9-21-38-33/h12,14,22,26-29H,3-11,13,15-21H2,1-2H3/t26-,27-,28+,29?,32+,33?/m1/s1. The van der Waals surface area contributed by atoms with Crippen LogP contribution in [0.4, 0.5) is 0 Å². The first-order valence-corrected chi connectivity index (χ1v) is 16.7. The van der Waals surface area contributed by atoms with Gasteiger partial charge in [0.25, 0.3) is 0 Å². The summed E-state index contributed by atoms with van der Waals surface area (Å²) in [5.41, 5.74) is 2.73. The number of unbranched alkanes of at least 4 members (excludes halogenated alkanes) is 5. The minimum Gasteiger partial charge on any atom is -0.469 e. The van der Waals surface area contributed by atoms with E-state index in [1.807, 2.05) is 0 Å². The first-order valence-electron chi connectivity index (χ1n) is 15.5. The molecule has 0 radical (unpaired) electrons. The Morgan fingerprint density at radius 1 is 1.05 bits per heavy atom. The Bertz CT molecular complexity index is 1030. The van der Waals surface area contributed by atoms with E-state index in [2.05, 4.69) is 41.1 Å². The number of ether oxygens (including phenoxy) is 3. The van der Waals surface area contributed by atoms with Crippen molar-refractivity contribution >= 4 is 27.7 Å². The molecule has 4 aliphatic rings. The van der Waals surface area contributed by atoms with Gasteiger partial charge in [0.1, 0.15) is 17.5 Å². The van der Waals surface area contributed by atoms with E-state index in [1.165, 1.54) is 43.9 Å². The second kappa shape index (κ2) is 12.6. The molecular formula is C33H47BrO5. The molecule has 2 saturated carbocycles. The van der Waals surface area contributed by atoms with Gasteiger partial charge in [-0.15, -0.1) is 0 Å². The van der Waals surface area contributed by atoms with Crippen LogP contribution in [-0.2, 0) is 25.5 Å². The quantitative estimate of drug-likeness (QED) is 0.146. The molecule has 5 nitrogen and oxygen atoms in total. The highest BCUT2D eigenvalue weighted by atomic mass is 79.9. The summed E-state index contributed by atoms with van der Waals surface area (Å²) >= 11 is 3.52. The Morgan fingerprint density at radius 3 is 2.64 bits per heavy atom. The highest BCUT2D eigenvalue weighted by Crippen LogP contribution is 2.59. The minimum atomic E-state index is -0.969. The maximum Gasteiger partial charge on any atom is 0.315 e. The van der Waals surface area contributed by atoms with Crippen LogP contribution in [-0.4, -0.2) is 36.6 Å². The number of Topliss-reactive ketones (excluding diaryl/α,β-unsaturated/α-hetero) is 1. The van der Waals surface area contributed by atoms with Gasteiger partial charge >= 0.3 is 5.97 Å². The van der Waals surface area contributed by atoms with Gasteiger partial charge in [0, 0.05) is 23.6 Å². The molecule has 3 fully saturated rings. The Kier molecular flexibility index (Phi) is 9.43. The van der Waals surface area contributed by atoms with Crippen molar-refractivity contribution < 1.29 is 23.8 Å². The van der Waals surface area contributed by atoms with Crippen LogP contribution in [0.2, 0.25) is 0 Å². The molecule has 216 valence electrons. The average Bonchev–Trinajstić information content (AvgIpc) is 3.26. The largest absolute Gasteiger partial charge is 0.469 e. The summed E-state index contributed by atoms with van der Waals surface area (Å²) in [6.07, 6.45) is 15.4. The van der Waals surface area contributed by atoms with Gasteiger partial charge in [-0.05, 0) is 98.8 Å². The predicted molar refractivity (Wildman–Crippen MR) is 156 cm³/mol. The summed E-state index contributed by atoms with van der Waals surface area (Å²) in [5.74, 6) is 1.37. The SMILES string of the molecule is COC(=O)C1CCCOC1(CCCCCCCCBr)Oc1ccc2c(c1)CC[C@@H]1[C@@H]2CC[C@]2(C)C(=O)CC[C@@H]12. The first kappa shape index (κ1) is 29.1. The number of methoxy groups -OCH3 is 1. The molecular weight excluding hydrogens is 556 g/mol. The van der Waals surface area contributed by atoms with Crippen LogP contribution in [0.15, 0.2) is 18.2 Å². The Labute approximate surface area is 243 Å². The van der Waals surface area contributed by atoms with Crippen molar-refractivity contribution in [1.29, 1.82) is 0 Å². The van der Waals surface area contributed by atoms with E-state index in [4.69, 9.17) is 14.2 Å². The fraction of sp³-hybridized carbons (Fsp3) is 0.758. The van der Waals surface area contributed by atoms with Gasteiger partial charge in [-0.3, -0.25) is 9.59 Å². The van der Waals surface area contributed by atoms with Gasteiger partial charge < -0.3 is 14.2 Å². The lowest BCUT2D eigenvalue weighted by Gasteiger charge is -2.48. The highest BCUT2D eigenvalue weighted by molar-refractivity contribution is 9.09. The van der Waals surface area contributed by atoms with E-state index in [0.717, 1.165) is 75.3 Å². The lowest BCUT2D eigenvalue weighted by molar-refractivity contribution is -0.246. The van der Waals surface area contributed by atoms with E-state index >= 15 is 0 Å². The summed E-state index contributed by atoms with van der Waals surface area (Å²) in [6, 6.07) is 6.59. The third-order valence-electron chi connectivity index (χ3n) is 10.6. The number of esters is 1. The average molecular weight is 604 g/mol. The first-order chi connectivity index (χ1) is 18.9. The van der Waals surface area contributed by atoms with E-state index in [9.17, 15) is 9.59 Å². The van der Waals surface area contributed by atoms with Crippen molar-refractivity contribution in [3.05, 3.63) is 29.3 Å². The lowest BCUT2D eigenvalue weighted by Crippen LogP contribution is -2.53. The van der Waals surface area contributed by atoms with Crippen molar-refractivity contribution in [2.45, 2.75) is 115 Å². The third kappa shape index (κ3) is 5.84. The van der Waals surface area contributed by atoms with Crippen LogP contribution < -0.4 is 4.74 Å². The molecule has 0 bridgehead atoms. The van der Waals surface area contributed by atoms with Gasteiger partial charge in [0.15, 0.2) is 0 Å². The summed E-state index contributed by atoms with van der Waals surface area (Å²) < 4.78 is 18.4. The highest BCUT2D eigenvalue weighted by Gasteiger charge is 2.54. The normalized spacial score (nSPS) is 33.7. The number of hydrogen-bond donors (Lipinski definition) is 0. The van der Waals surface area contributed by atoms with Crippen molar-refractivity contribution in [3.63, 3.8) is 0 Å². The van der Waals surface area contributed by atoms with Gasteiger partial charge in [-0.25, -0.2) is 0 Å². The molecule has 6 atom stereocenters. The van der Waals surface area contributed by atoms with E-state index in [-0.39, 0.29) is 11.4 Å². The maximum absolute atomic E-state index is 12.9. The zero-order chi connectivity index (χ0) is 27.5. The molecule has 39 heavy (non-hydrogen) atoms. The molecule has 6 heteroatoms. The Morgan fingerprint density at radius 2 is 1.85 bits per heavy atom. The van der Waals surface area contributed by atoms with Gasteiger partial charge in [-0.2, -0.15) is 0 Å². The topological polar surface area (TPSA) is 61.8 Å². The molecule has 5 rings (SSSR count). The molecule has 1 aromatic rings. The number of alkyl halides is 1. The van der Waals surface area contributed by atoms with Gasteiger partial charge in [0.05, 0.1) is 13.7 Å². The van der Waals surface area contributed by atoms with Crippen LogP contribution in [0.1, 0.15) is 114 Å². The van der Waals surface area contributed by atoms with E-state index in [0.29, 0.717) is 36.6 Å². The summed E-state index contributed by atoms with van der Waals surface area (Å²) in [5, 5.41) is 1.07. The molecule has 1 aromatic carbocycles. The van der Waals surface area contributed by atoms with Crippen molar-refractivity contribution in [1.82, 2.24) is 0 Å². The lowest BCUT2D eigenvalue weighted by atomic mass is 9.55. The molecule has 1 heterocycles. The second-order valence-electron chi connectivity index (χ2n) is 12.7. The van der Waals surface area contributed by atoms with Crippen molar-refractivity contribution in [3.8, 4) is 5.75 Å². The zero-order valence-electron chi connectivity index (χ0n) is 24.0. The van der Waals surface area contributed by atoms with Crippen LogP contribution in [0.3, 0.4) is 0 Å². The molecule has 2 unspecified atom stereocenters. The van der Waals surface area contributed by atoms with Crippen LogP contribution in [0.25, 0.3) is 0 Å². The van der Waals surface area contributed by atoms with E-state index < -0.39 is 11.7 Å². The summed E-state index contributed by atoms with van der Waals surface area (Å²) in [6.45, 7) is 2.84. The molecule has 0 aromatic heterocycles. The number of halogens is 1. The molecule has 0 amide bonds. The minimum absolute atomic E-state index is 0.0940. The Hall–Kier alpha value is -1.40. The molecule has 1 saturated heterocycles. The van der Waals surface area contributed by atoms with Crippen LogP contribution in [0, 0.1) is 23.2 Å². The second-order valence-corrected chi connectivity index (χ2v) is 13.5. The van der Waals surface area contributed by atoms with Crippen molar-refractivity contribution in [2.24, 2.45) is 23.2 Å². The molecule has 0 spiro atoms. The predicted octanol–water partition coefficient (Wildman–Crippen LogP) is 7.91. The number of fused-ring (bicyclic) bond motifs is 5. The van der Waals surface area contributed by atoms with Gasteiger partial charge in [0.2, 0.25) is 5.79 Å². The maximum atomic E-state index is 12.9. The zero-order valence-corrected chi connectivity index (χ0v) is 25.6.